The van der Waals surface area contributed by atoms with Crippen molar-refractivity contribution in [1.82, 2.24) is 4.90 Å². The summed E-state index contributed by atoms with van der Waals surface area (Å²) in [4.78, 5) is 13.6. The summed E-state index contributed by atoms with van der Waals surface area (Å²) in [7, 11) is 2.89. The van der Waals surface area contributed by atoms with Gasteiger partial charge in [-0.3, -0.25) is 4.79 Å². The molecule has 1 atom stereocenters. The highest BCUT2D eigenvalue weighted by atomic mass is 79.9. The van der Waals surface area contributed by atoms with E-state index >= 15 is 0 Å². The van der Waals surface area contributed by atoms with Gasteiger partial charge in [0.1, 0.15) is 11.6 Å². The van der Waals surface area contributed by atoms with Gasteiger partial charge in [-0.1, -0.05) is 15.9 Å². The molecule has 0 bridgehead atoms. The van der Waals surface area contributed by atoms with Crippen molar-refractivity contribution in [2.45, 2.75) is 5.72 Å². The number of aliphatic hydroxyl groups is 1. The fourth-order valence-corrected chi connectivity index (χ4v) is 3.09. The second kappa shape index (κ2) is 5.07. The van der Waals surface area contributed by atoms with Crippen LogP contribution < -0.4 is 4.74 Å². The highest BCUT2D eigenvalue weighted by Gasteiger charge is 2.48. The lowest BCUT2D eigenvalue weighted by Gasteiger charge is -2.32. The van der Waals surface area contributed by atoms with Crippen molar-refractivity contribution >= 4 is 21.8 Å². The molecular weight excluding hydrogens is 353 g/mol. The highest BCUT2D eigenvalue weighted by molar-refractivity contribution is 9.10. The number of rotatable bonds is 2. The summed E-state index contributed by atoms with van der Waals surface area (Å²) in [6.07, 6.45) is 0. The maximum atomic E-state index is 13.8. The van der Waals surface area contributed by atoms with Gasteiger partial charge in [0.2, 0.25) is 0 Å². The first-order chi connectivity index (χ1) is 10.4. The molecule has 2 aromatic carbocycles. The van der Waals surface area contributed by atoms with E-state index in [1.54, 1.807) is 18.2 Å². The van der Waals surface area contributed by atoms with E-state index in [0.717, 1.165) is 4.47 Å². The minimum Gasteiger partial charge on any atom is -0.497 e. The monoisotopic (exact) mass is 365 g/mol. The Kier molecular flexibility index (Phi) is 3.45. The van der Waals surface area contributed by atoms with Gasteiger partial charge in [-0.15, -0.1) is 0 Å². The van der Waals surface area contributed by atoms with Gasteiger partial charge in [0.05, 0.1) is 7.11 Å². The molecule has 0 aromatic heterocycles. The molecule has 4 nitrogen and oxygen atoms in total. The van der Waals surface area contributed by atoms with Crippen molar-refractivity contribution in [3.05, 3.63) is 63.4 Å². The lowest BCUT2D eigenvalue weighted by atomic mass is 9.93. The topological polar surface area (TPSA) is 49.8 Å². The van der Waals surface area contributed by atoms with Crippen LogP contribution in [0.4, 0.5) is 4.39 Å². The molecule has 1 N–H and O–H groups in total. The minimum atomic E-state index is -1.74. The standard InChI is InChI=1S/C16H13BrFNO3/c1-19-15(20)13-4-3-10(17)7-14(13)16(19,21)9-5-11(18)8-12(6-9)22-2/h3-8,21H,1-2H3. The van der Waals surface area contributed by atoms with E-state index in [1.165, 1.54) is 37.3 Å². The van der Waals surface area contributed by atoms with Crippen LogP contribution in [0.1, 0.15) is 21.5 Å². The first kappa shape index (κ1) is 15.0. The van der Waals surface area contributed by atoms with E-state index in [4.69, 9.17) is 4.74 Å². The zero-order chi connectivity index (χ0) is 16.1. The van der Waals surface area contributed by atoms with Gasteiger partial charge >= 0.3 is 0 Å². The zero-order valence-corrected chi connectivity index (χ0v) is 13.5. The number of carbonyl (C=O) groups is 1. The Labute approximate surface area is 135 Å². The molecule has 0 saturated heterocycles. The van der Waals surface area contributed by atoms with E-state index in [2.05, 4.69) is 15.9 Å². The first-order valence-electron chi connectivity index (χ1n) is 6.53. The molecule has 1 unspecified atom stereocenters. The predicted molar refractivity (Wildman–Crippen MR) is 82.2 cm³/mol. The van der Waals surface area contributed by atoms with E-state index < -0.39 is 11.5 Å². The van der Waals surface area contributed by atoms with Crippen LogP contribution in [0.15, 0.2) is 40.9 Å². The van der Waals surface area contributed by atoms with Crippen molar-refractivity contribution in [2.75, 3.05) is 14.2 Å². The summed E-state index contributed by atoms with van der Waals surface area (Å²) < 4.78 is 19.6. The number of nitrogens with zero attached hydrogens (tertiary/aromatic N) is 1. The van der Waals surface area contributed by atoms with Crippen molar-refractivity contribution in [2.24, 2.45) is 0 Å². The molecular formula is C16H13BrFNO3. The third kappa shape index (κ3) is 2.02. The number of fused-ring (bicyclic) bond motifs is 1. The van der Waals surface area contributed by atoms with Gasteiger partial charge in [-0.2, -0.15) is 0 Å². The Bertz CT molecular complexity index is 780. The lowest BCUT2D eigenvalue weighted by molar-refractivity contribution is -0.0372. The molecule has 1 heterocycles. The van der Waals surface area contributed by atoms with Crippen LogP contribution in [-0.2, 0) is 5.72 Å². The maximum absolute atomic E-state index is 13.8. The summed E-state index contributed by atoms with van der Waals surface area (Å²) in [5, 5.41) is 11.2. The van der Waals surface area contributed by atoms with Crippen LogP contribution in [0.25, 0.3) is 0 Å². The van der Waals surface area contributed by atoms with Crippen molar-refractivity contribution in [3.63, 3.8) is 0 Å². The molecule has 1 aliphatic rings. The SMILES string of the molecule is COc1cc(F)cc(C2(O)c3cc(Br)ccc3C(=O)N2C)c1. The number of hydrogen-bond acceptors (Lipinski definition) is 3. The third-order valence-electron chi connectivity index (χ3n) is 3.89. The second-order valence-electron chi connectivity index (χ2n) is 5.11. The predicted octanol–water partition coefficient (Wildman–Crippen LogP) is 2.88. The van der Waals surface area contributed by atoms with Gasteiger partial charge < -0.3 is 14.7 Å². The number of halogens is 2. The van der Waals surface area contributed by atoms with Crippen LogP contribution in [0.5, 0.6) is 5.75 Å². The largest absolute Gasteiger partial charge is 0.497 e. The summed E-state index contributed by atoms with van der Waals surface area (Å²) in [5.41, 5.74) is -0.721. The van der Waals surface area contributed by atoms with Crippen LogP contribution in [0.2, 0.25) is 0 Å². The molecule has 0 fully saturated rings. The molecule has 1 aliphatic heterocycles. The first-order valence-corrected chi connectivity index (χ1v) is 7.33. The highest BCUT2D eigenvalue weighted by Crippen LogP contribution is 2.43. The van der Waals surface area contributed by atoms with Gasteiger partial charge in [0, 0.05) is 34.3 Å². The molecule has 2 aromatic rings. The Morgan fingerprint density at radius 1 is 1.27 bits per heavy atom. The Hall–Kier alpha value is -1.92. The van der Waals surface area contributed by atoms with Gasteiger partial charge in [0.15, 0.2) is 5.72 Å². The summed E-state index contributed by atoms with van der Waals surface area (Å²) in [6, 6.07) is 8.94. The molecule has 0 radical (unpaired) electrons. The van der Waals surface area contributed by atoms with E-state index in [9.17, 15) is 14.3 Å². The third-order valence-corrected chi connectivity index (χ3v) is 4.38. The second-order valence-corrected chi connectivity index (χ2v) is 6.02. The molecule has 0 saturated carbocycles. The number of hydrogen-bond donors (Lipinski definition) is 1. The lowest BCUT2D eigenvalue weighted by Crippen LogP contribution is -2.42. The van der Waals surface area contributed by atoms with Gasteiger partial charge in [-0.25, -0.2) is 4.39 Å². The number of amides is 1. The Balaban J connectivity index is 2.28. The number of methoxy groups -OCH3 is 1. The molecule has 6 heteroatoms. The fourth-order valence-electron chi connectivity index (χ4n) is 2.73. The minimum absolute atomic E-state index is 0.233. The zero-order valence-electron chi connectivity index (χ0n) is 11.9. The summed E-state index contributed by atoms with van der Waals surface area (Å²) in [6.45, 7) is 0. The van der Waals surface area contributed by atoms with Crippen molar-refractivity contribution < 1.29 is 19.0 Å². The van der Waals surface area contributed by atoms with Crippen LogP contribution >= 0.6 is 15.9 Å². The van der Waals surface area contributed by atoms with Crippen LogP contribution in [0, 0.1) is 5.82 Å². The Morgan fingerprint density at radius 3 is 2.68 bits per heavy atom. The van der Waals surface area contributed by atoms with Crippen molar-refractivity contribution in [1.29, 1.82) is 0 Å². The molecule has 0 aliphatic carbocycles. The Morgan fingerprint density at radius 2 is 2.00 bits per heavy atom. The van der Waals surface area contributed by atoms with Crippen LogP contribution in [-0.4, -0.2) is 30.1 Å². The maximum Gasteiger partial charge on any atom is 0.256 e. The molecule has 3 rings (SSSR count). The smallest absolute Gasteiger partial charge is 0.256 e. The number of ether oxygens (including phenoxy) is 1. The number of benzene rings is 2. The molecule has 22 heavy (non-hydrogen) atoms. The summed E-state index contributed by atoms with van der Waals surface area (Å²) in [5.74, 6) is -0.604. The molecule has 0 spiro atoms. The van der Waals surface area contributed by atoms with E-state index in [0.29, 0.717) is 11.1 Å². The van der Waals surface area contributed by atoms with E-state index in [-0.39, 0.29) is 17.2 Å². The quantitative estimate of drug-likeness (QED) is 0.889. The average Bonchev–Trinajstić information content (AvgIpc) is 2.69. The summed E-state index contributed by atoms with van der Waals surface area (Å²) >= 11 is 3.33. The molecule has 1 amide bonds. The van der Waals surface area contributed by atoms with Gasteiger partial charge in [-0.05, 0) is 30.3 Å². The van der Waals surface area contributed by atoms with Gasteiger partial charge in [0.25, 0.3) is 5.91 Å². The van der Waals surface area contributed by atoms with Crippen molar-refractivity contribution in [3.8, 4) is 5.75 Å². The van der Waals surface area contributed by atoms with Crippen LogP contribution in [0.3, 0.4) is 0 Å². The fraction of sp³-hybridized carbons (Fsp3) is 0.188. The van der Waals surface area contributed by atoms with E-state index in [1.807, 2.05) is 0 Å². The number of carbonyl (C=O) groups excluding carboxylic acids is 1. The normalized spacial score (nSPS) is 20.2. The molecule has 114 valence electrons. The average molecular weight is 366 g/mol.